The van der Waals surface area contributed by atoms with Crippen molar-refractivity contribution >= 4 is 23.5 Å². The molecule has 1 fully saturated rings. The molecule has 1 aliphatic rings. The summed E-state index contributed by atoms with van der Waals surface area (Å²) in [7, 11) is 3.25. The Morgan fingerprint density at radius 3 is 2.43 bits per heavy atom. The summed E-state index contributed by atoms with van der Waals surface area (Å²) in [4.78, 5) is 0. The fourth-order valence-electron chi connectivity index (χ4n) is 2.80. The highest BCUT2D eigenvalue weighted by Gasteiger charge is 2.21. The number of hydrogen-bond acceptors (Lipinski definition) is 4. The van der Waals surface area contributed by atoms with Crippen LogP contribution < -0.4 is 20.2 Å². The van der Waals surface area contributed by atoms with Crippen LogP contribution in [0.4, 0.5) is 0 Å². The Morgan fingerprint density at radius 2 is 1.83 bits per heavy atom. The summed E-state index contributed by atoms with van der Waals surface area (Å²) in [6, 6.07) is 6.03. The minimum Gasteiger partial charge on any atom is -0.497 e. The molecule has 23 heavy (non-hydrogen) atoms. The van der Waals surface area contributed by atoms with Crippen LogP contribution >= 0.6 is 12.2 Å². The maximum absolute atomic E-state index is 5.32. The molecule has 0 heterocycles. The van der Waals surface area contributed by atoms with Crippen LogP contribution in [0.25, 0.3) is 0 Å². The van der Waals surface area contributed by atoms with Gasteiger partial charge in [0.15, 0.2) is 5.11 Å². The van der Waals surface area contributed by atoms with Crippen LogP contribution in [-0.2, 0) is 0 Å². The second kappa shape index (κ2) is 8.72. The maximum Gasteiger partial charge on any atom is 0.187 e. The third kappa shape index (κ3) is 5.39. The SMILES string of the molecule is COc1cc(/C=N\NC(=S)N[C@H]2CCCC[C@@H]2C)cc(OC)c1. The van der Waals surface area contributed by atoms with Crippen LogP contribution in [0.1, 0.15) is 38.2 Å². The lowest BCUT2D eigenvalue weighted by Gasteiger charge is -2.30. The summed E-state index contributed by atoms with van der Waals surface area (Å²) in [5.74, 6) is 2.10. The van der Waals surface area contributed by atoms with E-state index in [0.29, 0.717) is 17.1 Å². The zero-order valence-electron chi connectivity index (χ0n) is 14.0. The third-order valence-corrected chi connectivity index (χ3v) is 4.39. The molecule has 1 aliphatic carbocycles. The van der Waals surface area contributed by atoms with Gasteiger partial charge in [0.05, 0.1) is 20.4 Å². The van der Waals surface area contributed by atoms with E-state index >= 15 is 0 Å². The van der Waals surface area contributed by atoms with Crippen molar-refractivity contribution in [2.45, 2.75) is 38.6 Å². The molecule has 2 atom stereocenters. The monoisotopic (exact) mass is 335 g/mol. The van der Waals surface area contributed by atoms with Gasteiger partial charge in [-0.05, 0) is 43.1 Å². The normalized spacial score (nSPS) is 21.0. The van der Waals surface area contributed by atoms with Crippen LogP contribution in [-0.4, -0.2) is 31.6 Å². The number of hydrogen-bond donors (Lipinski definition) is 2. The Hall–Kier alpha value is -1.82. The second-order valence-corrected chi connectivity index (χ2v) is 6.27. The molecule has 5 nitrogen and oxygen atoms in total. The highest BCUT2D eigenvalue weighted by atomic mass is 32.1. The molecule has 1 saturated carbocycles. The second-order valence-electron chi connectivity index (χ2n) is 5.86. The summed E-state index contributed by atoms with van der Waals surface area (Å²) in [6.07, 6.45) is 6.70. The molecule has 0 aromatic heterocycles. The molecule has 0 bridgehead atoms. The van der Waals surface area contributed by atoms with Gasteiger partial charge < -0.3 is 14.8 Å². The number of thiocarbonyl (C=S) groups is 1. The predicted octanol–water partition coefficient (Wildman–Crippen LogP) is 3.08. The third-order valence-electron chi connectivity index (χ3n) is 4.18. The fourth-order valence-corrected chi connectivity index (χ4v) is 3.00. The zero-order chi connectivity index (χ0) is 16.7. The number of nitrogens with one attached hydrogen (secondary N) is 2. The van der Waals surface area contributed by atoms with Crippen LogP contribution in [0.2, 0.25) is 0 Å². The van der Waals surface area contributed by atoms with Crippen molar-refractivity contribution in [1.29, 1.82) is 0 Å². The Balaban J connectivity index is 1.89. The summed E-state index contributed by atoms with van der Waals surface area (Å²) >= 11 is 5.32. The van der Waals surface area contributed by atoms with E-state index in [1.165, 1.54) is 25.7 Å². The van der Waals surface area contributed by atoms with Gasteiger partial charge in [-0.2, -0.15) is 5.10 Å². The molecule has 0 radical (unpaired) electrons. The van der Waals surface area contributed by atoms with Crippen LogP contribution in [0.15, 0.2) is 23.3 Å². The summed E-state index contributed by atoms with van der Waals surface area (Å²) < 4.78 is 10.5. The van der Waals surface area contributed by atoms with Gasteiger partial charge in [-0.15, -0.1) is 0 Å². The van der Waals surface area contributed by atoms with Gasteiger partial charge in [0.25, 0.3) is 0 Å². The molecule has 0 unspecified atom stereocenters. The van der Waals surface area contributed by atoms with Crippen LogP contribution in [0, 0.1) is 5.92 Å². The van der Waals surface area contributed by atoms with E-state index in [1.54, 1.807) is 20.4 Å². The minimum atomic E-state index is 0.441. The van der Waals surface area contributed by atoms with Gasteiger partial charge in [-0.25, -0.2) is 0 Å². The van der Waals surface area contributed by atoms with Crippen LogP contribution in [0.5, 0.6) is 11.5 Å². The maximum atomic E-state index is 5.32. The largest absolute Gasteiger partial charge is 0.497 e. The van der Waals surface area contributed by atoms with E-state index in [4.69, 9.17) is 21.7 Å². The van der Waals surface area contributed by atoms with Crippen molar-refractivity contribution in [3.05, 3.63) is 23.8 Å². The fraction of sp³-hybridized carbons (Fsp3) is 0.529. The highest BCUT2D eigenvalue weighted by Crippen LogP contribution is 2.23. The topological polar surface area (TPSA) is 54.9 Å². The van der Waals surface area contributed by atoms with Gasteiger partial charge in [0.2, 0.25) is 0 Å². The first-order valence-electron chi connectivity index (χ1n) is 7.95. The van der Waals surface area contributed by atoms with Crippen molar-refractivity contribution in [2.24, 2.45) is 11.0 Å². The van der Waals surface area contributed by atoms with Crippen molar-refractivity contribution in [3.8, 4) is 11.5 Å². The average molecular weight is 335 g/mol. The summed E-state index contributed by atoms with van der Waals surface area (Å²) in [5, 5.41) is 8.11. The molecule has 6 heteroatoms. The van der Waals surface area contributed by atoms with E-state index in [1.807, 2.05) is 18.2 Å². The number of methoxy groups -OCH3 is 2. The molecule has 2 N–H and O–H groups in total. The Morgan fingerprint density at radius 1 is 1.17 bits per heavy atom. The van der Waals surface area contributed by atoms with Crippen molar-refractivity contribution < 1.29 is 9.47 Å². The molecule has 126 valence electrons. The van der Waals surface area contributed by atoms with Crippen molar-refractivity contribution in [3.63, 3.8) is 0 Å². The molecular formula is C17H25N3O2S. The molecule has 1 aromatic carbocycles. The van der Waals surface area contributed by atoms with Crippen LogP contribution in [0.3, 0.4) is 0 Å². The predicted molar refractivity (Wildman–Crippen MR) is 97.4 cm³/mol. The Labute approximate surface area is 143 Å². The molecular weight excluding hydrogens is 310 g/mol. The van der Waals surface area contributed by atoms with Gasteiger partial charge in [-0.1, -0.05) is 19.8 Å². The van der Waals surface area contributed by atoms with Crippen molar-refractivity contribution in [2.75, 3.05) is 14.2 Å². The molecule has 2 rings (SSSR count). The van der Waals surface area contributed by atoms with Crippen molar-refractivity contribution in [1.82, 2.24) is 10.7 Å². The molecule has 0 aliphatic heterocycles. The lowest BCUT2D eigenvalue weighted by molar-refractivity contribution is 0.308. The first-order valence-corrected chi connectivity index (χ1v) is 8.36. The van der Waals surface area contributed by atoms with E-state index in [2.05, 4.69) is 22.8 Å². The zero-order valence-corrected chi connectivity index (χ0v) is 14.8. The Bertz CT molecular complexity index is 541. The highest BCUT2D eigenvalue weighted by molar-refractivity contribution is 7.80. The summed E-state index contributed by atoms with van der Waals surface area (Å²) in [5.41, 5.74) is 3.76. The smallest absolute Gasteiger partial charge is 0.187 e. The molecule has 0 spiro atoms. The first kappa shape index (κ1) is 17.5. The average Bonchev–Trinajstić information content (AvgIpc) is 2.56. The number of benzene rings is 1. The lowest BCUT2D eigenvalue weighted by atomic mass is 9.86. The van der Waals surface area contributed by atoms with Gasteiger partial charge in [0.1, 0.15) is 11.5 Å². The molecule has 1 aromatic rings. The molecule has 0 saturated heterocycles. The van der Waals surface area contributed by atoms with E-state index in [0.717, 1.165) is 17.1 Å². The number of hydrazone groups is 1. The summed E-state index contributed by atoms with van der Waals surface area (Å²) in [6.45, 7) is 2.27. The lowest BCUT2D eigenvalue weighted by Crippen LogP contribution is -2.44. The number of ether oxygens (including phenoxy) is 2. The van der Waals surface area contributed by atoms with Gasteiger partial charge >= 0.3 is 0 Å². The standard InChI is InChI=1S/C17H25N3O2S/c1-12-6-4-5-7-16(12)19-17(23)20-18-11-13-8-14(21-2)10-15(9-13)22-3/h8-12,16H,4-7H2,1-3H3,(H2,19,20,23)/b18-11-/t12-,16-/m0/s1. The van der Waals surface area contributed by atoms with Gasteiger partial charge in [-0.3, -0.25) is 5.43 Å². The van der Waals surface area contributed by atoms with E-state index in [-0.39, 0.29) is 0 Å². The van der Waals surface area contributed by atoms with Gasteiger partial charge in [0, 0.05) is 17.7 Å². The molecule has 0 amide bonds. The quantitative estimate of drug-likeness (QED) is 0.492. The minimum absolute atomic E-state index is 0.441. The van der Waals surface area contributed by atoms with E-state index in [9.17, 15) is 0 Å². The first-order chi connectivity index (χ1) is 11.1. The number of rotatable bonds is 5. The Kier molecular flexibility index (Phi) is 6.65. The van der Waals surface area contributed by atoms with E-state index < -0.39 is 0 Å². The number of nitrogens with zero attached hydrogens (tertiary/aromatic N) is 1.